The van der Waals surface area contributed by atoms with Gasteiger partial charge >= 0.3 is 0 Å². The molecular formula is C21H26FN3O2. The van der Waals surface area contributed by atoms with Gasteiger partial charge in [-0.15, -0.1) is 0 Å². The van der Waals surface area contributed by atoms with Crippen molar-refractivity contribution in [2.75, 3.05) is 42.9 Å². The van der Waals surface area contributed by atoms with Gasteiger partial charge in [-0.05, 0) is 50.2 Å². The van der Waals surface area contributed by atoms with Crippen LogP contribution in [-0.2, 0) is 4.79 Å². The molecule has 5 nitrogen and oxygen atoms in total. The molecular weight excluding hydrogens is 345 g/mol. The second-order valence-corrected chi connectivity index (χ2v) is 6.86. The zero-order valence-corrected chi connectivity index (χ0v) is 15.8. The van der Waals surface area contributed by atoms with Gasteiger partial charge in [-0.3, -0.25) is 4.79 Å². The minimum absolute atomic E-state index is 0.0469. The lowest BCUT2D eigenvalue weighted by molar-refractivity contribution is -0.129. The maximum absolute atomic E-state index is 13.9. The van der Waals surface area contributed by atoms with Crippen molar-refractivity contribution in [2.45, 2.75) is 20.0 Å². The van der Waals surface area contributed by atoms with Crippen LogP contribution in [0, 0.1) is 5.82 Å². The average molecular weight is 371 g/mol. The first-order valence-corrected chi connectivity index (χ1v) is 9.31. The number of carbonyl (C=O) groups is 1. The van der Waals surface area contributed by atoms with Gasteiger partial charge in [0.05, 0.1) is 18.3 Å². The molecule has 1 aliphatic rings. The maximum Gasteiger partial charge on any atom is 0.241 e. The third kappa shape index (κ3) is 5.12. The Morgan fingerprint density at radius 3 is 2.37 bits per heavy atom. The number of rotatable bonds is 6. The highest BCUT2D eigenvalue weighted by Crippen LogP contribution is 2.20. The first kappa shape index (κ1) is 19.0. The molecule has 0 radical (unpaired) electrons. The predicted molar refractivity (Wildman–Crippen MR) is 106 cm³/mol. The molecule has 2 aromatic carbocycles. The number of para-hydroxylation sites is 1. The number of amides is 1. The van der Waals surface area contributed by atoms with Gasteiger partial charge in [-0.2, -0.15) is 0 Å². The summed E-state index contributed by atoms with van der Waals surface area (Å²) in [6.45, 7) is 6.66. The monoisotopic (exact) mass is 371 g/mol. The zero-order valence-electron chi connectivity index (χ0n) is 15.8. The smallest absolute Gasteiger partial charge is 0.241 e. The van der Waals surface area contributed by atoms with Crippen LogP contribution in [0.1, 0.15) is 13.8 Å². The van der Waals surface area contributed by atoms with E-state index in [9.17, 15) is 9.18 Å². The molecule has 1 aliphatic heterocycles. The molecule has 27 heavy (non-hydrogen) atoms. The largest absolute Gasteiger partial charge is 0.491 e. The fourth-order valence-electron chi connectivity index (χ4n) is 3.12. The molecule has 0 aliphatic carbocycles. The van der Waals surface area contributed by atoms with Crippen molar-refractivity contribution in [2.24, 2.45) is 0 Å². The summed E-state index contributed by atoms with van der Waals surface area (Å²) in [4.78, 5) is 16.2. The van der Waals surface area contributed by atoms with E-state index in [0.717, 1.165) is 11.4 Å². The number of anilines is 2. The number of ether oxygens (including phenoxy) is 1. The Morgan fingerprint density at radius 2 is 1.74 bits per heavy atom. The second kappa shape index (κ2) is 8.75. The van der Waals surface area contributed by atoms with E-state index >= 15 is 0 Å². The predicted octanol–water partition coefficient (Wildman–Crippen LogP) is 3.37. The van der Waals surface area contributed by atoms with Crippen LogP contribution in [0.3, 0.4) is 0 Å². The summed E-state index contributed by atoms with van der Waals surface area (Å²) in [5, 5.41) is 3.15. The molecule has 6 heteroatoms. The minimum atomic E-state index is -0.219. The summed E-state index contributed by atoms with van der Waals surface area (Å²) in [7, 11) is 0. The Kier molecular flexibility index (Phi) is 6.16. The third-order valence-corrected chi connectivity index (χ3v) is 4.50. The van der Waals surface area contributed by atoms with Crippen LogP contribution in [0.5, 0.6) is 5.75 Å². The van der Waals surface area contributed by atoms with Gasteiger partial charge in [0.25, 0.3) is 0 Å². The van der Waals surface area contributed by atoms with Crippen LogP contribution in [0.25, 0.3) is 0 Å². The van der Waals surface area contributed by atoms with Gasteiger partial charge in [0.2, 0.25) is 5.91 Å². The van der Waals surface area contributed by atoms with Crippen LogP contribution >= 0.6 is 0 Å². The molecule has 0 unspecified atom stereocenters. The lowest BCUT2D eigenvalue weighted by Crippen LogP contribution is -2.50. The van der Waals surface area contributed by atoms with E-state index in [-0.39, 0.29) is 24.4 Å². The van der Waals surface area contributed by atoms with Crippen LogP contribution in [0.15, 0.2) is 48.5 Å². The standard InChI is InChI=1S/C21H26FN3O2/c1-16(2)27-18-9-7-17(8-10-18)23-15-21(26)25-13-11-24(12-14-25)20-6-4-3-5-19(20)22/h3-10,16,23H,11-15H2,1-2H3. The molecule has 2 aromatic rings. The lowest BCUT2D eigenvalue weighted by atomic mass is 10.2. The molecule has 144 valence electrons. The third-order valence-electron chi connectivity index (χ3n) is 4.50. The molecule has 1 fully saturated rings. The van der Waals surface area contributed by atoms with Crippen molar-refractivity contribution < 1.29 is 13.9 Å². The number of nitrogens with zero attached hydrogens (tertiary/aromatic N) is 2. The number of hydrogen-bond acceptors (Lipinski definition) is 4. The molecule has 3 rings (SSSR count). The molecule has 0 spiro atoms. The first-order chi connectivity index (χ1) is 13.0. The fraction of sp³-hybridized carbons (Fsp3) is 0.381. The molecule has 0 atom stereocenters. The summed E-state index contributed by atoms with van der Waals surface area (Å²) in [6, 6.07) is 14.3. The van der Waals surface area contributed by atoms with E-state index in [0.29, 0.717) is 31.9 Å². The molecule has 1 saturated heterocycles. The minimum Gasteiger partial charge on any atom is -0.491 e. The van der Waals surface area contributed by atoms with Gasteiger partial charge in [-0.25, -0.2) is 4.39 Å². The van der Waals surface area contributed by atoms with Crippen molar-refractivity contribution in [1.82, 2.24) is 4.90 Å². The highest BCUT2D eigenvalue weighted by Gasteiger charge is 2.22. The summed E-state index contributed by atoms with van der Waals surface area (Å²) < 4.78 is 19.5. The van der Waals surface area contributed by atoms with Crippen LogP contribution in [0.4, 0.5) is 15.8 Å². The number of piperazine rings is 1. The van der Waals surface area contributed by atoms with Gasteiger partial charge in [0.1, 0.15) is 11.6 Å². The topological polar surface area (TPSA) is 44.8 Å². The first-order valence-electron chi connectivity index (χ1n) is 9.31. The fourth-order valence-corrected chi connectivity index (χ4v) is 3.12. The van der Waals surface area contributed by atoms with Crippen molar-refractivity contribution in [3.63, 3.8) is 0 Å². The van der Waals surface area contributed by atoms with Crippen molar-refractivity contribution in [3.8, 4) is 5.75 Å². The van der Waals surface area contributed by atoms with Gasteiger partial charge < -0.3 is 19.9 Å². The Morgan fingerprint density at radius 1 is 1.07 bits per heavy atom. The average Bonchev–Trinajstić information content (AvgIpc) is 2.67. The van der Waals surface area contributed by atoms with E-state index in [1.807, 2.05) is 54.0 Å². The molecule has 1 N–H and O–H groups in total. The highest BCUT2D eigenvalue weighted by molar-refractivity contribution is 5.81. The maximum atomic E-state index is 13.9. The Hall–Kier alpha value is -2.76. The Labute approximate surface area is 159 Å². The molecule has 1 amide bonds. The number of hydrogen-bond donors (Lipinski definition) is 1. The van der Waals surface area contributed by atoms with E-state index < -0.39 is 0 Å². The normalized spacial score (nSPS) is 14.4. The van der Waals surface area contributed by atoms with E-state index in [1.165, 1.54) is 6.07 Å². The highest BCUT2D eigenvalue weighted by atomic mass is 19.1. The Bertz CT molecular complexity index is 756. The van der Waals surface area contributed by atoms with E-state index in [1.54, 1.807) is 12.1 Å². The van der Waals surface area contributed by atoms with Crippen LogP contribution in [0.2, 0.25) is 0 Å². The number of halogens is 1. The Balaban J connectivity index is 1.46. The van der Waals surface area contributed by atoms with Crippen molar-refractivity contribution in [1.29, 1.82) is 0 Å². The van der Waals surface area contributed by atoms with E-state index in [4.69, 9.17) is 4.74 Å². The van der Waals surface area contributed by atoms with Gasteiger partial charge in [0.15, 0.2) is 0 Å². The van der Waals surface area contributed by atoms with Gasteiger partial charge in [-0.1, -0.05) is 12.1 Å². The molecule has 1 heterocycles. The molecule has 0 saturated carbocycles. The quantitative estimate of drug-likeness (QED) is 0.846. The van der Waals surface area contributed by atoms with Crippen molar-refractivity contribution in [3.05, 3.63) is 54.3 Å². The second-order valence-electron chi connectivity index (χ2n) is 6.86. The van der Waals surface area contributed by atoms with Crippen LogP contribution < -0.4 is 15.0 Å². The van der Waals surface area contributed by atoms with Gasteiger partial charge in [0, 0.05) is 31.9 Å². The molecule has 0 aromatic heterocycles. The molecule has 0 bridgehead atoms. The summed E-state index contributed by atoms with van der Waals surface area (Å²) in [6.07, 6.45) is 0.133. The van der Waals surface area contributed by atoms with Crippen molar-refractivity contribution >= 4 is 17.3 Å². The number of nitrogens with one attached hydrogen (secondary N) is 1. The number of carbonyl (C=O) groups excluding carboxylic acids is 1. The summed E-state index contributed by atoms with van der Waals surface area (Å²) in [5.74, 6) is 0.640. The lowest BCUT2D eigenvalue weighted by Gasteiger charge is -2.36. The summed E-state index contributed by atoms with van der Waals surface area (Å²) in [5.41, 5.74) is 1.48. The SMILES string of the molecule is CC(C)Oc1ccc(NCC(=O)N2CCN(c3ccccc3F)CC2)cc1. The van der Waals surface area contributed by atoms with E-state index in [2.05, 4.69) is 5.32 Å². The summed E-state index contributed by atoms with van der Waals surface area (Å²) >= 11 is 0. The zero-order chi connectivity index (χ0) is 19.2. The van der Waals surface area contributed by atoms with Crippen LogP contribution in [-0.4, -0.2) is 49.6 Å². The number of benzene rings is 2.